The van der Waals surface area contributed by atoms with Crippen LogP contribution in [0.2, 0.25) is 0 Å². The number of hydrogen-bond acceptors (Lipinski definition) is 5. The summed E-state index contributed by atoms with van der Waals surface area (Å²) >= 11 is 4.75. The summed E-state index contributed by atoms with van der Waals surface area (Å²) in [5, 5.41) is 4.99. The third-order valence-electron chi connectivity index (χ3n) is 4.64. The fourth-order valence-electron chi connectivity index (χ4n) is 3.08. The Morgan fingerprint density at radius 1 is 0.906 bits per heavy atom. The second kappa shape index (κ2) is 10.3. The standard InChI is InChI=1S/C25H19BrN2O3S/c26-21-8-4-7-20(14-21)22-16-32-25(27-22)28-23(29)15-31-24(30)13-17-9-11-19(12-10-17)18-5-2-1-3-6-18/h1-12,14,16H,13,15H2,(H,27,28,29). The number of nitrogens with zero attached hydrogens (tertiary/aromatic N) is 1. The van der Waals surface area contributed by atoms with E-state index in [9.17, 15) is 9.59 Å². The number of nitrogens with one attached hydrogen (secondary N) is 1. The number of benzene rings is 3. The number of aromatic nitrogens is 1. The smallest absolute Gasteiger partial charge is 0.310 e. The molecule has 4 rings (SSSR count). The van der Waals surface area contributed by atoms with Gasteiger partial charge < -0.3 is 4.74 Å². The minimum atomic E-state index is -0.457. The second-order valence-corrected chi connectivity index (χ2v) is 8.77. The Morgan fingerprint density at radius 3 is 2.38 bits per heavy atom. The lowest BCUT2D eigenvalue weighted by Crippen LogP contribution is -2.21. The largest absolute Gasteiger partial charge is 0.455 e. The zero-order chi connectivity index (χ0) is 22.3. The fourth-order valence-corrected chi connectivity index (χ4v) is 4.21. The molecule has 1 heterocycles. The molecule has 0 aliphatic heterocycles. The monoisotopic (exact) mass is 506 g/mol. The van der Waals surface area contributed by atoms with Gasteiger partial charge in [0.2, 0.25) is 0 Å². The van der Waals surface area contributed by atoms with E-state index in [2.05, 4.69) is 26.2 Å². The van der Waals surface area contributed by atoms with E-state index in [4.69, 9.17) is 4.74 Å². The highest BCUT2D eigenvalue weighted by molar-refractivity contribution is 9.10. The van der Waals surface area contributed by atoms with Gasteiger partial charge in [-0.3, -0.25) is 14.9 Å². The van der Waals surface area contributed by atoms with Gasteiger partial charge in [0.25, 0.3) is 5.91 Å². The van der Waals surface area contributed by atoms with Gasteiger partial charge in [-0.05, 0) is 28.8 Å². The molecule has 0 bridgehead atoms. The summed E-state index contributed by atoms with van der Waals surface area (Å²) in [6, 6.07) is 25.5. The lowest BCUT2D eigenvalue weighted by molar-refractivity contribution is -0.146. The van der Waals surface area contributed by atoms with Gasteiger partial charge in [-0.25, -0.2) is 4.98 Å². The van der Waals surface area contributed by atoms with E-state index in [1.165, 1.54) is 11.3 Å². The van der Waals surface area contributed by atoms with Crippen LogP contribution in [0.1, 0.15) is 5.56 Å². The molecule has 3 aromatic carbocycles. The van der Waals surface area contributed by atoms with Crippen LogP contribution in [-0.4, -0.2) is 23.5 Å². The van der Waals surface area contributed by atoms with E-state index in [-0.39, 0.29) is 13.0 Å². The minimum absolute atomic E-state index is 0.104. The third-order valence-corrected chi connectivity index (χ3v) is 5.90. The Kier molecular flexibility index (Phi) is 7.09. The molecule has 1 aromatic heterocycles. The van der Waals surface area contributed by atoms with Gasteiger partial charge in [0.15, 0.2) is 11.7 Å². The molecule has 7 heteroatoms. The molecule has 5 nitrogen and oxygen atoms in total. The van der Waals surface area contributed by atoms with Crippen LogP contribution < -0.4 is 5.32 Å². The summed E-state index contributed by atoms with van der Waals surface area (Å²) in [7, 11) is 0. The zero-order valence-electron chi connectivity index (χ0n) is 17.0. The molecular formula is C25H19BrN2O3S. The highest BCUT2D eigenvalue weighted by atomic mass is 79.9. The Balaban J connectivity index is 1.26. The Hall–Kier alpha value is -3.29. The van der Waals surface area contributed by atoms with Crippen molar-refractivity contribution in [2.45, 2.75) is 6.42 Å². The lowest BCUT2D eigenvalue weighted by atomic mass is 10.0. The van der Waals surface area contributed by atoms with Crippen LogP contribution in [0.15, 0.2) is 88.7 Å². The van der Waals surface area contributed by atoms with Gasteiger partial charge in [0, 0.05) is 15.4 Å². The van der Waals surface area contributed by atoms with Crippen LogP contribution in [0.25, 0.3) is 22.4 Å². The summed E-state index contributed by atoms with van der Waals surface area (Å²) in [5.74, 6) is -0.880. The number of carbonyl (C=O) groups is 2. The molecule has 0 saturated heterocycles. The molecule has 4 aromatic rings. The average Bonchev–Trinajstić information content (AvgIpc) is 3.27. The lowest BCUT2D eigenvalue weighted by Gasteiger charge is -2.06. The summed E-state index contributed by atoms with van der Waals surface area (Å²) < 4.78 is 6.08. The SMILES string of the molecule is O=C(COC(=O)Cc1ccc(-c2ccccc2)cc1)Nc1nc(-c2cccc(Br)c2)cs1. The van der Waals surface area contributed by atoms with Crippen molar-refractivity contribution in [2.75, 3.05) is 11.9 Å². The van der Waals surface area contributed by atoms with E-state index < -0.39 is 11.9 Å². The van der Waals surface area contributed by atoms with Crippen molar-refractivity contribution in [3.63, 3.8) is 0 Å². The van der Waals surface area contributed by atoms with Crippen LogP contribution in [0.5, 0.6) is 0 Å². The first-order valence-corrected chi connectivity index (χ1v) is 11.6. The Morgan fingerprint density at radius 2 is 1.62 bits per heavy atom. The summed E-state index contributed by atoms with van der Waals surface area (Å²) in [5.41, 5.74) is 4.73. The van der Waals surface area contributed by atoms with Crippen LogP contribution in [0.3, 0.4) is 0 Å². The number of anilines is 1. The van der Waals surface area contributed by atoms with E-state index in [0.717, 1.165) is 32.4 Å². The zero-order valence-corrected chi connectivity index (χ0v) is 19.4. The third kappa shape index (κ3) is 5.90. The van der Waals surface area contributed by atoms with Crippen molar-refractivity contribution >= 4 is 44.3 Å². The first-order chi connectivity index (χ1) is 15.6. The molecule has 0 atom stereocenters. The number of carbonyl (C=O) groups excluding carboxylic acids is 2. The van der Waals surface area contributed by atoms with Crippen molar-refractivity contribution in [3.05, 3.63) is 94.3 Å². The van der Waals surface area contributed by atoms with Crippen molar-refractivity contribution < 1.29 is 14.3 Å². The predicted molar refractivity (Wildman–Crippen MR) is 130 cm³/mol. The maximum Gasteiger partial charge on any atom is 0.310 e. The van der Waals surface area contributed by atoms with Gasteiger partial charge >= 0.3 is 5.97 Å². The second-order valence-electron chi connectivity index (χ2n) is 7.00. The highest BCUT2D eigenvalue weighted by Gasteiger charge is 2.12. The number of ether oxygens (including phenoxy) is 1. The normalized spacial score (nSPS) is 10.5. The average molecular weight is 507 g/mol. The van der Waals surface area contributed by atoms with E-state index >= 15 is 0 Å². The number of rotatable bonds is 7. The molecule has 0 aliphatic carbocycles. The molecule has 0 fully saturated rings. The molecule has 0 unspecified atom stereocenters. The quantitative estimate of drug-likeness (QED) is 0.313. The summed E-state index contributed by atoms with van der Waals surface area (Å²) in [4.78, 5) is 28.7. The minimum Gasteiger partial charge on any atom is -0.455 e. The fraction of sp³-hybridized carbons (Fsp3) is 0.0800. The number of hydrogen-bond donors (Lipinski definition) is 1. The maximum atomic E-state index is 12.1. The van der Waals surface area contributed by atoms with Gasteiger partial charge in [0.1, 0.15) is 0 Å². The molecule has 1 amide bonds. The van der Waals surface area contributed by atoms with Crippen LogP contribution >= 0.6 is 27.3 Å². The van der Waals surface area contributed by atoms with Crippen molar-refractivity contribution in [1.29, 1.82) is 0 Å². The first-order valence-electron chi connectivity index (χ1n) is 9.88. The van der Waals surface area contributed by atoms with Crippen molar-refractivity contribution in [3.8, 4) is 22.4 Å². The highest BCUT2D eigenvalue weighted by Crippen LogP contribution is 2.27. The molecule has 160 valence electrons. The number of halogens is 1. The predicted octanol–water partition coefficient (Wildman–Crippen LogP) is 5.96. The van der Waals surface area contributed by atoms with E-state index in [1.807, 2.05) is 84.2 Å². The molecule has 0 spiro atoms. The van der Waals surface area contributed by atoms with Crippen LogP contribution in [0.4, 0.5) is 5.13 Å². The van der Waals surface area contributed by atoms with Crippen LogP contribution in [-0.2, 0) is 20.7 Å². The first kappa shape index (κ1) is 21.9. The molecule has 0 radical (unpaired) electrons. The van der Waals surface area contributed by atoms with Crippen molar-refractivity contribution in [2.24, 2.45) is 0 Å². The van der Waals surface area contributed by atoms with Gasteiger partial charge in [-0.2, -0.15) is 0 Å². The Bertz CT molecular complexity index is 1220. The Labute approximate surface area is 198 Å². The topological polar surface area (TPSA) is 68.3 Å². The van der Waals surface area contributed by atoms with Crippen LogP contribution in [0, 0.1) is 0 Å². The molecular weight excluding hydrogens is 488 g/mol. The summed E-state index contributed by atoms with van der Waals surface area (Å²) in [6.45, 7) is -0.354. The van der Waals surface area contributed by atoms with Gasteiger partial charge in [-0.15, -0.1) is 11.3 Å². The van der Waals surface area contributed by atoms with Gasteiger partial charge in [0.05, 0.1) is 12.1 Å². The number of amides is 1. The molecule has 1 N–H and O–H groups in total. The maximum absolute atomic E-state index is 12.1. The molecule has 0 saturated carbocycles. The number of esters is 1. The molecule has 32 heavy (non-hydrogen) atoms. The number of thiazole rings is 1. The van der Waals surface area contributed by atoms with E-state index in [0.29, 0.717) is 5.13 Å². The van der Waals surface area contributed by atoms with E-state index in [1.54, 1.807) is 0 Å². The van der Waals surface area contributed by atoms with Crippen molar-refractivity contribution in [1.82, 2.24) is 4.98 Å². The molecule has 0 aliphatic rings. The summed E-state index contributed by atoms with van der Waals surface area (Å²) in [6.07, 6.45) is 0.104. The van der Waals surface area contributed by atoms with Gasteiger partial charge in [-0.1, -0.05) is 82.7 Å².